The van der Waals surface area contributed by atoms with E-state index in [1.54, 1.807) is 0 Å². The minimum Gasteiger partial charge on any atom is -0.454 e. The Morgan fingerprint density at radius 3 is 2.62 bits per heavy atom. The standard InChI is InChI=1S/C15H14Cl2N2O2/c16-10-1-3-11(4-2-10)19-13(7-18)9-5-12(17)15-14(6-9)20-8-21-15/h1-6,13,19H,7-8,18H2. The van der Waals surface area contributed by atoms with E-state index in [0.717, 1.165) is 11.3 Å². The number of hydrogen-bond acceptors (Lipinski definition) is 4. The molecule has 110 valence electrons. The molecule has 4 nitrogen and oxygen atoms in total. The van der Waals surface area contributed by atoms with E-state index in [1.165, 1.54) is 0 Å². The fraction of sp³-hybridized carbons (Fsp3) is 0.200. The van der Waals surface area contributed by atoms with Crippen LogP contribution in [0.25, 0.3) is 0 Å². The van der Waals surface area contributed by atoms with Gasteiger partial charge in [0.2, 0.25) is 6.79 Å². The van der Waals surface area contributed by atoms with Crippen molar-refractivity contribution in [3.63, 3.8) is 0 Å². The first-order valence-electron chi connectivity index (χ1n) is 6.48. The van der Waals surface area contributed by atoms with Gasteiger partial charge in [0, 0.05) is 17.3 Å². The fourth-order valence-corrected chi connectivity index (χ4v) is 2.61. The maximum Gasteiger partial charge on any atom is 0.231 e. The van der Waals surface area contributed by atoms with Gasteiger partial charge in [-0.15, -0.1) is 0 Å². The molecule has 0 fully saturated rings. The Morgan fingerprint density at radius 1 is 1.14 bits per heavy atom. The third-order valence-corrected chi connectivity index (χ3v) is 3.81. The molecule has 2 aromatic carbocycles. The summed E-state index contributed by atoms with van der Waals surface area (Å²) < 4.78 is 10.7. The molecule has 21 heavy (non-hydrogen) atoms. The van der Waals surface area contributed by atoms with Crippen molar-refractivity contribution in [1.29, 1.82) is 0 Å². The van der Waals surface area contributed by atoms with E-state index >= 15 is 0 Å². The Bertz CT molecular complexity index is 647. The predicted octanol–water partition coefficient (Wildman–Crippen LogP) is 3.83. The molecule has 1 aliphatic rings. The number of benzene rings is 2. The van der Waals surface area contributed by atoms with Crippen LogP contribution in [-0.2, 0) is 0 Å². The normalized spacial score (nSPS) is 14.0. The first-order chi connectivity index (χ1) is 10.2. The van der Waals surface area contributed by atoms with E-state index in [2.05, 4.69) is 5.32 Å². The lowest BCUT2D eigenvalue weighted by molar-refractivity contribution is 0.174. The number of halogens is 2. The van der Waals surface area contributed by atoms with E-state index in [9.17, 15) is 0 Å². The molecular formula is C15H14Cl2N2O2. The van der Waals surface area contributed by atoms with Crippen molar-refractivity contribution >= 4 is 28.9 Å². The first-order valence-corrected chi connectivity index (χ1v) is 7.24. The molecule has 1 aliphatic heterocycles. The van der Waals surface area contributed by atoms with E-state index in [0.29, 0.717) is 28.1 Å². The topological polar surface area (TPSA) is 56.5 Å². The molecule has 1 atom stereocenters. The van der Waals surface area contributed by atoms with Crippen LogP contribution in [0.1, 0.15) is 11.6 Å². The van der Waals surface area contributed by atoms with Crippen molar-refractivity contribution in [2.45, 2.75) is 6.04 Å². The van der Waals surface area contributed by atoms with E-state index in [4.69, 9.17) is 38.4 Å². The van der Waals surface area contributed by atoms with Crippen LogP contribution in [0.15, 0.2) is 36.4 Å². The van der Waals surface area contributed by atoms with Crippen LogP contribution in [0.3, 0.4) is 0 Å². The third-order valence-electron chi connectivity index (χ3n) is 3.27. The number of hydrogen-bond donors (Lipinski definition) is 2. The molecule has 0 spiro atoms. The van der Waals surface area contributed by atoms with Crippen molar-refractivity contribution in [2.24, 2.45) is 5.73 Å². The van der Waals surface area contributed by atoms with Crippen LogP contribution in [0.2, 0.25) is 10.0 Å². The fourth-order valence-electron chi connectivity index (χ4n) is 2.21. The molecule has 2 aromatic rings. The second-order valence-corrected chi connectivity index (χ2v) is 5.52. The van der Waals surface area contributed by atoms with Crippen molar-refractivity contribution < 1.29 is 9.47 Å². The van der Waals surface area contributed by atoms with Crippen LogP contribution in [-0.4, -0.2) is 13.3 Å². The Balaban J connectivity index is 1.86. The summed E-state index contributed by atoms with van der Waals surface area (Å²) in [7, 11) is 0. The van der Waals surface area contributed by atoms with Gasteiger partial charge in [-0.05, 0) is 42.0 Å². The highest BCUT2D eigenvalue weighted by atomic mass is 35.5. The lowest BCUT2D eigenvalue weighted by Gasteiger charge is -2.19. The average Bonchev–Trinajstić information content (AvgIpc) is 2.95. The highest BCUT2D eigenvalue weighted by Crippen LogP contribution is 2.41. The molecule has 0 saturated carbocycles. The van der Waals surface area contributed by atoms with E-state index in [1.807, 2.05) is 36.4 Å². The zero-order valence-corrected chi connectivity index (χ0v) is 12.6. The second-order valence-electron chi connectivity index (χ2n) is 4.68. The van der Waals surface area contributed by atoms with Gasteiger partial charge in [0.05, 0.1) is 11.1 Å². The van der Waals surface area contributed by atoms with Gasteiger partial charge < -0.3 is 20.5 Å². The van der Waals surface area contributed by atoms with Gasteiger partial charge in [-0.3, -0.25) is 0 Å². The highest BCUT2D eigenvalue weighted by Gasteiger charge is 2.21. The number of anilines is 1. The van der Waals surface area contributed by atoms with Crippen LogP contribution in [0.5, 0.6) is 11.5 Å². The van der Waals surface area contributed by atoms with Gasteiger partial charge in [0.15, 0.2) is 11.5 Å². The summed E-state index contributed by atoms with van der Waals surface area (Å²) in [5, 5.41) is 4.57. The summed E-state index contributed by atoms with van der Waals surface area (Å²) >= 11 is 12.1. The van der Waals surface area contributed by atoms with Gasteiger partial charge in [-0.1, -0.05) is 23.2 Å². The van der Waals surface area contributed by atoms with E-state index in [-0.39, 0.29) is 12.8 Å². The van der Waals surface area contributed by atoms with Crippen LogP contribution in [0.4, 0.5) is 5.69 Å². The summed E-state index contributed by atoms with van der Waals surface area (Å²) in [4.78, 5) is 0. The molecule has 0 amide bonds. The monoisotopic (exact) mass is 324 g/mol. The predicted molar refractivity (Wildman–Crippen MR) is 84.4 cm³/mol. The maximum atomic E-state index is 6.21. The molecule has 1 heterocycles. The molecule has 3 rings (SSSR count). The van der Waals surface area contributed by atoms with E-state index < -0.39 is 0 Å². The van der Waals surface area contributed by atoms with Crippen molar-refractivity contribution in [3.05, 3.63) is 52.0 Å². The molecule has 0 bridgehead atoms. The summed E-state index contributed by atoms with van der Waals surface area (Å²) in [6.07, 6.45) is 0. The summed E-state index contributed by atoms with van der Waals surface area (Å²) in [5.41, 5.74) is 7.75. The maximum absolute atomic E-state index is 6.21. The number of rotatable bonds is 4. The van der Waals surface area contributed by atoms with Crippen molar-refractivity contribution in [1.82, 2.24) is 0 Å². The van der Waals surface area contributed by atoms with Crippen molar-refractivity contribution in [3.8, 4) is 11.5 Å². The molecule has 0 aliphatic carbocycles. The van der Waals surface area contributed by atoms with Gasteiger partial charge in [0.1, 0.15) is 0 Å². The molecule has 3 N–H and O–H groups in total. The van der Waals surface area contributed by atoms with Gasteiger partial charge in [-0.25, -0.2) is 0 Å². The van der Waals surface area contributed by atoms with Crippen molar-refractivity contribution in [2.75, 3.05) is 18.7 Å². The zero-order valence-electron chi connectivity index (χ0n) is 11.1. The van der Waals surface area contributed by atoms with Gasteiger partial charge in [0.25, 0.3) is 0 Å². The molecule has 0 aromatic heterocycles. The van der Waals surface area contributed by atoms with Crippen LogP contribution >= 0.6 is 23.2 Å². The highest BCUT2D eigenvalue weighted by molar-refractivity contribution is 6.32. The average molecular weight is 325 g/mol. The Hall–Kier alpha value is -1.62. The van der Waals surface area contributed by atoms with Crippen LogP contribution < -0.4 is 20.5 Å². The quantitative estimate of drug-likeness (QED) is 0.897. The second kappa shape index (κ2) is 6.02. The Morgan fingerprint density at radius 2 is 1.90 bits per heavy atom. The molecule has 6 heteroatoms. The smallest absolute Gasteiger partial charge is 0.231 e. The lowest BCUT2D eigenvalue weighted by atomic mass is 10.1. The molecule has 0 saturated heterocycles. The third kappa shape index (κ3) is 3.02. The minimum absolute atomic E-state index is 0.0850. The number of nitrogens with one attached hydrogen (secondary N) is 1. The first kappa shape index (κ1) is 14.3. The molecule has 1 unspecified atom stereocenters. The minimum atomic E-state index is -0.0850. The zero-order chi connectivity index (χ0) is 14.8. The Labute approximate surface area is 132 Å². The lowest BCUT2D eigenvalue weighted by Crippen LogP contribution is -2.20. The number of fused-ring (bicyclic) bond motifs is 1. The summed E-state index contributed by atoms with van der Waals surface area (Å²) in [5.74, 6) is 1.23. The van der Waals surface area contributed by atoms with Crippen LogP contribution in [0, 0.1) is 0 Å². The Kier molecular flexibility index (Phi) is 4.10. The molecular weight excluding hydrogens is 311 g/mol. The van der Waals surface area contributed by atoms with Gasteiger partial charge >= 0.3 is 0 Å². The number of nitrogens with two attached hydrogens (primary N) is 1. The SMILES string of the molecule is NCC(Nc1ccc(Cl)cc1)c1cc(Cl)c2c(c1)OCO2. The largest absolute Gasteiger partial charge is 0.454 e. The number of ether oxygens (including phenoxy) is 2. The molecule has 0 radical (unpaired) electrons. The summed E-state index contributed by atoms with van der Waals surface area (Å²) in [6.45, 7) is 0.606. The summed E-state index contributed by atoms with van der Waals surface area (Å²) in [6, 6.07) is 11.1. The van der Waals surface area contributed by atoms with Gasteiger partial charge in [-0.2, -0.15) is 0 Å².